The van der Waals surface area contributed by atoms with Gasteiger partial charge in [0.1, 0.15) is 5.58 Å². The molecule has 0 aliphatic rings. The Bertz CT molecular complexity index is 2610. The maximum absolute atomic E-state index is 7.87. The zero-order chi connectivity index (χ0) is 38.9. The third-order valence-corrected chi connectivity index (χ3v) is 14.0. The summed E-state index contributed by atoms with van der Waals surface area (Å²) in [5, 5.41) is 2.21. The normalized spacial score (nSPS) is 12.4. The van der Waals surface area contributed by atoms with E-state index in [-0.39, 0.29) is 20.1 Å². The number of furan rings is 1. The number of hydrogen-bond donors (Lipinski definition) is 0. The average Bonchev–Trinajstić information content (AvgIpc) is 3.55. The van der Waals surface area contributed by atoms with Gasteiger partial charge in [-0.2, -0.15) is 0 Å². The van der Waals surface area contributed by atoms with Crippen LogP contribution in [0.4, 0.5) is 0 Å². The number of rotatable bonds is 6. The molecule has 53 heavy (non-hydrogen) atoms. The Hall–Kier alpha value is -4.61. The molecule has 3 heterocycles. The largest absolute Gasteiger partial charge is 0 e. The summed E-state index contributed by atoms with van der Waals surface area (Å²) in [6.45, 7) is 4.33. The molecule has 8 rings (SSSR count). The topological polar surface area (TPSA) is 38.9 Å². The summed E-state index contributed by atoms with van der Waals surface area (Å²) in [7, 11) is 0. The number of hydrogen-bond acceptors (Lipinski definition) is 3. The minimum absolute atomic E-state index is 0. The van der Waals surface area contributed by atoms with E-state index < -0.39 is 20.1 Å². The monoisotopic (exact) mass is 934 g/mol. The van der Waals surface area contributed by atoms with Crippen LogP contribution in [0.2, 0.25) is 17.3 Å². The molecule has 3 aromatic heterocycles. The molecule has 3 nitrogen and oxygen atoms in total. The van der Waals surface area contributed by atoms with E-state index in [9.17, 15) is 0 Å². The standard InChI is InChI=1S/C26H20NO.C22H24GeN.Ir/c1-17(2)19-12-13-27-24(15-19)21-9-11-25-23(14-21)22-10-8-20(16-26(22)28-25)18-6-4-3-5-7-18;1-16-11-12-19(14-20(16)18-9-7-6-8-10-18)22-13-17(2)21(15-24-22)23(3,4)5;/h3-8,10-17H,1-2H3;6-11,13-15H,1-5H3;/q2*-1;/i;1D3;. The molecule has 8 aromatic rings. The van der Waals surface area contributed by atoms with Crippen molar-refractivity contribution in [3.63, 3.8) is 0 Å². The van der Waals surface area contributed by atoms with E-state index in [4.69, 9.17) is 8.53 Å². The molecule has 0 aliphatic carbocycles. The third kappa shape index (κ3) is 8.47. The molecular weight excluding hydrogens is 885 g/mol. The molecule has 1 radical (unpaired) electrons. The summed E-state index contributed by atoms with van der Waals surface area (Å²) < 4.78 is 31.1. The van der Waals surface area contributed by atoms with Gasteiger partial charge in [-0.05, 0) is 34.9 Å². The minimum Gasteiger partial charge on any atom is 0 e. The Kier molecular flexibility index (Phi) is 10.4. The first-order valence-electron chi connectivity index (χ1n) is 19.2. The first-order chi connectivity index (χ1) is 26.3. The van der Waals surface area contributed by atoms with Crippen molar-refractivity contribution >= 4 is 39.6 Å². The van der Waals surface area contributed by atoms with E-state index in [0.717, 1.165) is 55.6 Å². The van der Waals surface area contributed by atoms with Crippen molar-refractivity contribution < 1.29 is 28.6 Å². The van der Waals surface area contributed by atoms with Gasteiger partial charge in [0.25, 0.3) is 0 Å². The molecule has 0 spiro atoms. The van der Waals surface area contributed by atoms with E-state index in [1.54, 1.807) is 6.07 Å². The summed E-state index contributed by atoms with van der Waals surface area (Å²) >= 11 is -1.96. The van der Waals surface area contributed by atoms with Crippen LogP contribution < -0.4 is 4.40 Å². The van der Waals surface area contributed by atoms with Crippen LogP contribution in [0.5, 0.6) is 0 Å². The van der Waals surface area contributed by atoms with Crippen LogP contribution in [0.1, 0.15) is 40.6 Å². The first-order valence-corrected chi connectivity index (χ1v) is 25.1. The number of benzene rings is 5. The van der Waals surface area contributed by atoms with Gasteiger partial charge in [-0.3, -0.25) is 0 Å². The molecule has 0 bridgehead atoms. The second kappa shape index (κ2) is 16.2. The van der Waals surface area contributed by atoms with E-state index in [2.05, 4.69) is 127 Å². The smallest absolute Gasteiger partial charge is 0 e. The van der Waals surface area contributed by atoms with Gasteiger partial charge < -0.3 is 9.40 Å². The van der Waals surface area contributed by atoms with Gasteiger partial charge in [0.2, 0.25) is 0 Å². The molecule has 0 aliphatic heterocycles. The fourth-order valence-corrected chi connectivity index (χ4v) is 10.2. The van der Waals surface area contributed by atoms with Crippen LogP contribution in [0.25, 0.3) is 66.7 Å². The molecular formula is C48H44GeIrN2O-2. The molecule has 0 saturated heterocycles. The summed E-state index contributed by atoms with van der Waals surface area (Å²) in [5.41, 5.74) is 12.1. The van der Waals surface area contributed by atoms with Crippen LogP contribution in [-0.2, 0) is 20.1 Å². The summed E-state index contributed by atoms with van der Waals surface area (Å²) in [4.78, 5) is 9.23. The van der Waals surface area contributed by atoms with Crippen LogP contribution >= 0.6 is 0 Å². The van der Waals surface area contributed by atoms with Gasteiger partial charge in [-0.1, -0.05) is 73.3 Å². The zero-order valence-electron chi connectivity index (χ0n) is 33.9. The molecule has 267 valence electrons. The predicted molar refractivity (Wildman–Crippen MR) is 222 cm³/mol. The number of nitrogens with zero attached hydrogens (tertiary/aromatic N) is 2. The Morgan fingerprint density at radius 1 is 0.660 bits per heavy atom. The van der Waals surface area contributed by atoms with Crippen LogP contribution in [-0.4, -0.2) is 23.2 Å². The fraction of sp³-hybridized carbons (Fsp3) is 0.167. The Labute approximate surface area is 334 Å². The Morgan fingerprint density at radius 3 is 2.02 bits per heavy atom. The van der Waals surface area contributed by atoms with Crippen molar-refractivity contribution in [2.24, 2.45) is 0 Å². The summed E-state index contributed by atoms with van der Waals surface area (Å²) in [6.07, 6.45) is 3.88. The molecule has 5 aromatic carbocycles. The van der Waals surface area contributed by atoms with Gasteiger partial charge in [-0.15, -0.1) is 23.8 Å². The second-order valence-electron chi connectivity index (χ2n) is 14.6. The molecule has 0 unspecified atom stereocenters. The molecule has 0 atom stereocenters. The van der Waals surface area contributed by atoms with E-state index in [1.807, 2.05) is 60.9 Å². The summed E-state index contributed by atoms with van der Waals surface area (Å²) in [5.74, 6) is 7.54. The van der Waals surface area contributed by atoms with Gasteiger partial charge >= 0.3 is 152 Å². The van der Waals surface area contributed by atoms with Crippen LogP contribution in [0, 0.1) is 25.9 Å². The maximum atomic E-state index is 7.87. The van der Waals surface area contributed by atoms with Crippen molar-refractivity contribution in [2.45, 2.75) is 50.8 Å². The molecule has 0 amide bonds. The van der Waals surface area contributed by atoms with E-state index >= 15 is 0 Å². The fourth-order valence-electron chi connectivity index (χ4n) is 6.62. The predicted octanol–water partition coefficient (Wildman–Crippen LogP) is 12.6. The third-order valence-electron chi connectivity index (χ3n) is 9.47. The van der Waals surface area contributed by atoms with Gasteiger partial charge in [0.15, 0.2) is 0 Å². The number of fused-ring (bicyclic) bond motifs is 3. The first kappa shape index (κ1) is 34.2. The Morgan fingerprint density at radius 2 is 1.34 bits per heavy atom. The number of aromatic nitrogens is 2. The average molecular weight is 933 g/mol. The SMILES string of the molecule is CC(C)c1ccnc(-c2[c-]cc3oc4cc(-c5ccccc5)ccc4c3c2)c1.[2H]C([2H])([2H])c1c[c-]c(-c2cc(C)[c]([Ge]([CH3])([CH3])[CH3])cn2)cc1-c1ccccc1.[Ir]. The second-order valence-corrected chi connectivity index (χ2v) is 25.2. The van der Waals surface area contributed by atoms with Crippen molar-refractivity contribution in [2.75, 3.05) is 0 Å². The van der Waals surface area contributed by atoms with E-state index in [1.165, 1.54) is 21.1 Å². The van der Waals surface area contributed by atoms with Crippen LogP contribution in [0.3, 0.4) is 0 Å². The molecule has 5 heteroatoms. The van der Waals surface area contributed by atoms with E-state index in [0.29, 0.717) is 17.0 Å². The Balaban J connectivity index is 0.000000187. The molecule has 0 saturated carbocycles. The zero-order valence-corrected chi connectivity index (χ0v) is 35.4. The van der Waals surface area contributed by atoms with Crippen molar-refractivity contribution in [1.29, 1.82) is 0 Å². The maximum Gasteiger partial charge on any atom is 0 e. The van der Waals surface area contributed by atoms with Crippen molar-refractivity contribution in [1.82, 2.24) is 9.97 Å². The number of aryl methyl sites for hydroxylation is 2. The van der Waals surface area contributed by atoms with Gasteiger partial charge in [0, 0.05) is 31.7 Å². The van der Waals surface area contributed by atoms with Crippen molar-refractivity contribution in [3.8, 4) is 44.8 Å². The quantitative estimate of drug-likeness (QED) is 0.123. The minimum atomic E-state index is -2.19. The van der Waals surface area contributed by atoms with Gasteiger partial charge in [0.05, 0.1) is 5.58 Å². The summed E-state index contributed by atoms with van der Waals surface area (Å²) in [6, 6.07) is 46.8. The van der Waals surface area contributed by atoms with Crippen molar-refractivity contribution in [3.05, 3.63) is 163 Å². The van der Waals surface area contributed by atoms with Gasteiger partial charge in [-0.25, -0.2) is 0 Å². The number of pyridine rings is 2. The molecule has 0 N–H and O–H groups in total. The van der Waals surface area contributed by atoms with Crippen LogP contribution in [0.15, 0.2) is 138 Å². The molecule has 0 fully saturated rings.